The summed E-state index contributed by atoms with van der Waals surface area (Å²) >= 11 is 6.67. The number of rotatable bonds is 4. The SMILES string of the molecule is CSc1ncc(Cc2ccc(C)nc2)c(OC(=S)N(C)C)n1. The van der Waals surface area contributed by atoms with Gasteiger partial charge in [-0.2, -0.15) is 4.98 Å². The maximum atomic E-state index is 5.72. The fraction of sp³-hybridized carbons (Fsp3) is 0.333. The molecule has 0 N–H and O–H groups in total. The molecule has 5 nitrogen and oxygen atoms in total. The van der Waals surface area contributed by atoms with Gasteiger partial charge in [-0.1, -0.05) is 17.8 Å². The van der Waals surface area contributed by atoms with Gasteiger partial charge in [0.1, 0.15) is 0 Å². The first kappa shape index (κ1) is 16.6. The first-order valence-corrected chi connectivity index (χ1v) is 8.33. The summed E-state index contributed by atoms with van der Waals surface area (Å²) in [5.41, 5.74) is 2.95. The highest BCUT2D eigenvalue weighted by molar-refractivity contribution is 7.98. The Bertz CT molecular complexity index is 659. The molecule has 0 amide bonds. The third-order valence-corrected chi connectivity index (χ3v) is 3.91. The molecule has 2 aromatic rings. The Hall–Kier alpha value is -1.73. The summed E-state index contributed by atoms with van der Waals surface area (Å²) in [7, 11) is 3.67. The molecule has 7 heteroatoms. The third kappa shape index (κ3) is 4.38. The normalized spacial score (nSPS) is 10.4. The van der Waals surface area contributed by atoms with Crippen LogP contribution in [0.15, 0.2) is 29.7 Å². The average Bonchev–Trinajstić information content (AvgIpc) is 2.51. The monoisotopic (exact) mass is 334 g/mol. The van der Waals surface area contributed by atoms with Gasteiger partial charge in [-0.05, 0) is 37.0 Å². The van der Waals surface area contributed by atoms with Crippen LogP contribution in [0.3, 0.4) is 0 Å². The minimum atomic E-state index is 0.369. The van der Waals surface area contributed by atoms with Gasteiger partial charge >= 0.3 is 0 Å². The Morgan fingerprint density at radius 3 is 2.64 bits per heavy atom. The fourth-order valence-corrected chi connectivity index (χ4v) is 2.09. The molecule has 0 unspecified atom stereocenters. The zero-order valence-electron chi connectivity index (χ0n) is 13.0. The molecule has 2 rings (SSSR count). The van der Waals surface area contributed by atoms with Crippen LogP contribution in [0.25, 0.3) is 0 Å². The molecule has 2 heterocycles. The van der Waals surface area contributed by atoms with Crippen LogP contribution in [-0.2, 0) is 6.42 Å². The molecule has 0 aliphatic rings. The van der Waals surface area contributed by atoms with Gasteiger partial charge in [0.15, 0.2) is 5.16 Å². The van der Waals surface area contributed by atoms with Crippen LogP contribution in [0.4, 0.5) is 0 Å². The van der Waals surface area contributed by atoms with Gasteiger partial charge in [-0.15, -0.1) is 0 Å². The highest BCUT2D eigenvalue weighted by atomic mass is 32.2. The maximum absolute atomic E-state index is 5.72. The van der Waals surface area contributed by atoms with Gasteiger partial charge in [-0.25, -0.2) is 4.98 Å². The number of aromatic nitrogens is 3. The fourth-order valence-electron chi connectivity index (χ4n) is 1.68. The van der Waals surface area contributed by atoms with Crippen LogP contribution in [0.2, 0.25) is 0 Å². The van der Waals surface area contributed by atoms with Crippen molar-refractivity contribution in [3.63, 3.8) is 0 Å². The van der Waals surface area contributed by atoms with E-state index in [4.69, 9.17) is 17.0 Å². The van der Waals surface area contributed by atoms with Gasteiger partial charge in [0.2, 0.25) is 5.88 Å². The molecular weight excluding hydrogens is 316 g/mol. The quantitative estimate of drug-likeness (QED) is 0.484. The predicted octanol–water partition coefficient (Wildman–Crippen LogP) is 2.72. The second kappa shape index (κ2) is 7.51. The highest BCUT2D eigenvalue weighted by Gasteiger charge is 2.13. The van der Waals surface area contributed by atoms with E-state index in [1.54, 1.807) is 11.1 Å². The molecule has 0 saturated heterocycles. The van der Waals surface area contributed by atoms with E-state index < -0.39 is 0 Å². The van der Waals surface area contributed by atoms with Crippen LogP contribution < -0.4 is 4.74 Å². The summed E-state index contributed by atoms with van der Waals surface area (Å²) in [5.74, 6) is 0.499. The minimum Gasteiger partial charge on any atom is -0.412 e. The first-order valence-electron chi connectivity index (χ1n) is 6.70. The van der Waals surface area contributed by atoms with E-state index in [2.05, 4.69) is 15.0 Å². The molecule has 2 aromatic heterocycles. The van der Waals surface area contributed by atoms with Crippen molar-refractivity contribution in [3.05, 3.63) is 41.3 Å². The number of thioether (sulfide) groups is 1. The summed E-state index contributed by atoms with van der Waals surface area (Å²) in [6.07, 6.45) is 6.21. The predicted molar refractivity (Wildman–Crippen MR) is 92.5 cm³/mol. The second-order valence-electron chi connectivity index (χ2n) is 4.93. The van der Waals surface area contributed by atoms with Crippen molar-refractivity contribution >= 4 is 29.2 Å². The van der Waals surface area contributed by atoms with E-state index >= 15 is 0 Å². The molecule has 0 atom stereocenters. The van der Waals surface area contributed by atoms with Crippen molar-refractivity contribution in [2.45, 2.75) is 18.5 Å². The van der Waals surface area contributed by atoms with E-state index in [1.165, 1.54) is 11.8 Å². The van der Waals surface area contributed by atoms with Crippen molar-refractivity contribution in [2.75, 3.05) is 20.4 Å². The Morgan fingerprint density at radius 1 is 1.27 bits per heavy atom. The van der Waals surface area contributed by atoms with E-state index in [-0.39, 0.29) is 0 Å². The van der Waals surface area contributed by atoms with E-state index in [0.29, 0.717) is 22.6 Å². The summed E-state index contributed by atoms with van der Waals surface area (Å²) < 4.78 is 5.72. The van der Waals surface area contributed by atoms with E-state index in [1.807, 2.05) is 45.6 Å². The molecule has 0 aliphatic heterocycles. The molecular formula is C15H18N4OS2. The third-order valence-electron chi connectivity index (χ3n) is 2.90. The zero-order chi connectivity index (χ0) is 16.1. The Balaban J connectivity index is 2.28. The smallest absolute Gasteiger partial charge is 0.265 e. The summed E-state index contributed by atoms with van der Waals surface area (Å²) in [6.45, 7) is 1.96. The highest BCUT2D eigenvalue weighted by Crippen LogP contribution is 2.22. The van der Waals surface area contributed by atoms with Crippen LogP contribution in [-0.4, -0.2) is 45.4 Å². The minimum absolute atomic E-state index is 0.369. The number of hydrogen-bond acceptors (Lipinski definition) is 6. The summed E-state index contributed by atoms with van der Waals surface area (Å²) in [5, 5.41) is 1.02. The molecule has 0 aromatic carbocycles. The van der Waals surface area contributed by atoms with Crippen molar-refractivity contribution < 1.29 is 4.74 Å². The summed E-state index contributed by atoms with van der Waals surface area (Å²) in [6, 6.07) is 4.02. The van der Waals surface area contributed by atoms with Crippen LogP contribution in [0.5, 0.6) is 5.88 Å². The van der Waals surface area contributed by atoms with Gasteiger partial charge in [0, 0.05) is 44.2 Å². The molecule has 0 bridgehead atoms. The summed E-state index contributed by atoms with van der Waals surface area (Å²) in [4.78, 5) is 14.8. The molecule has 22 heavy (non-hydrogen) atoms. The Kier molecular flexibility index (Phi) is 5.68. The second-order valence-corrected chi connectivity index (χ2v) is 6.06. The number of nitrogens with zero attached hydrogens (tertiary/aromatic N) is 4. The van der Waals surface area contributed by atoms with Gasteiger partial charge in [0.25, 0.3) is 5.17 Å². The van der Waals surface area contributed by atoms with Crippen molar-refractivity contribution in [1.82, 2.24) is 19.9 Å². The van der Waals surface area contributed by atoms with Gasteiger partial charge < -0.3 is 9.64 Å². The first-order chi connectivity index (χ1) is 10.5. The number of pyridine rings is 1. The molecule has 0 spiro atoms. The molecule has 116 valence electrons. The zero-order valence-corrected chi connectivity index (χ0v) is 14.7. The lowest BCUT2D eigenvalue weighted by Gasteiger charge is -2.16. The van der Waals surface area contributed by atoms with Crippen LogP contribution >= 0.6 is 24.0 Å². The maximum Gasteiger partial charge on any atom is 0.265 e. The number of thiocarbonyl (C=S) groups is 1. The Morgan fingerprint density at radius 2 is 2.05 bits per heavy atom. The lowest BCUT2D eigenvalue weighted by molar-refractivity contribution is 0.429. The molecule has 0 saturated carbocycles. The lowest BCUT2D eigenvalue weighted by Crippen LogP contribution is -2.26. The molecule has 0 fully saturated rings. The van der Waals surface area contributed by atoms with Gasteiger partial charge in [-0.3, -0.25) is 4.98 Å². The van der Waals surface area contributed by atoms with Crippen LogP contribution in [0.1, 0.15) is 16.8 Å². The van der Waals surface area contributed by atoms with E-state index in [0.717, 1.165) is 16.8 Å². The van der Waals surface area contributed by atoms with Crippen molar-refractivity contribution in [1.29, 1.82) is 0 Å². The number of aryl methyl sites for hydroxylation is 1. The largest absolute Gasteiger partial charge is 0.412 e. The van der Waals surface area contributed by atoms with Crippen LogP contribution in [0, 0.1) is 6.92 Å². The molecule has 0 aliphatic carbocycles. The van der Waals surface area contributed by atoms with Gasteiger partial charge in [0.05, 0.1) is 0 Å². The Labute approximate surface area is 140 Å². The number of ether oxygens (including phenoxy) is 1. The lowest BCUT2D eigenvalue weighted by atomic mass is 10.1. The topological polar surface area (TPSA) is 51.1 Å². The van der Waals surface area contributed by atoms with Crippen molar-refractivity contribution in [3.8, 4) is 5.88 Å². The number of hydrogen-bond donors (Lipinski definition) is 0. The molecule has 0 radical (unpaired) electrons. The average molecular weight is 334 g/mol. The van der Waals surface area contributed by atoms with Crippen molar-refractivity contribution in [2.24, 2.45) is 0 Å². The standard InChI is InChI=1S/C15H18N4OS2/c1-10-5-6-11(8-16-10)7-12-9-17-14(22-4)18-13(12)20-15(21)19(2)3/h5-6,8-9H,7H2,1-4H3. The van der Waals surface area contributed by atoms with E-state index in [9.17, 15) is 0 Å².